The monoisotopic (exact) mass is 324 g/mol. The van der Waals surface area contributed by atoms with Crippen LogP contribution in [0.15, 0.2) is 53.4 Å². The van der Waals surface area contributed by atoms with Crippen molar-refractivity contribution in [2.75, 3.05) is 5.75 Å². The molecule has 0 aliphatic carbocycles. The topological polar surface area (TPSA) is 17.1 Å². The Morgan fingerprint density at radius 3 is 2.55 bits per heavy atom. The van der Waals surface area contributed by atoms with Crippen LogP contribution in [0.5, 0.6) is 0 Å². The number of hydrogen-bond donors (Lipinski definition) is 0. The molecule has 0 saturated heterocycles. The molecule has 0 heterocycles. The Bertz CT molecular complexity index is 584. The van der Waals surface area contributed by atoms with Gasteiger partial charge in [0.25, 0.3) is 0 Å². The van der Waals surface area contributed by atoms with Crippen molar-refractivity contribution >= 4 is 40.7 Å². The molecule has 0 unspecified atom stereocenters. The van der Waals surface area contributed by atoms with E-state index in [2.05, 4.69) is 0 Å². The van der Waals surface area contributed by atoms with E-state index in [1.54, 1.807) is 23.9 Å². The summed E-state index contributed by atoms with van der Waals surface area (Å²) >= 11 is 13.7. The second-order valence-corrected chi connectivity index (χ2v) is 6.30. The van der Waals surface area contributed by atoms with E-state index in [4.69, 9.17) is 23.2 Å². The Kier molecular flexibility index (Phi) is 5.96. The van der Waals surface area contributed by atoms with Crippen LogP contribution in [0.3, 0.4) is 0 Å². The van der Waals surface area contributed by atoms with Gasteiger partial charge in [-0.2, -0.15) is 0 Å². The first-order chi connectivity index (χ1) is 9.66. The zero-order chi connectivity index (χ0) is 14.4. The largest absolute Gasteiger partial charge is 0.294 e. The van der Waals surface area contributed by atoms with Gasteiger partial charge in [-0.3, -0.25) is 4.79 Å². The zero-order valence-electron chi connectivity index (χ0n) is 10.8. The number of benzene rings is 2. The van der Waals surface area contributed by atoms with Crippen molar-refractivity contribution in [2.45, 2.75) is 17.7 Å². The number of Topliss-reactive ketones (excluding diaryl/α,β-unsaturated/α-hetero) is 1. The highest BCUT2D eigenvalue weighted by Crippen LogP contribution is 2.30. The standard InChI is InChI=1S/C16H14Cl2OS/c17-13-8-9-14(18)16(11-13)20-10-4-7-15(19)12-5-2-1-3-6-12/h1-3,5-6,8-9,11H,4,7,10H2. The Hall–Kier alpha value is -0.960. The maximum absolute atomic E-state index is 11.9. The van der Waals surface area contributed by atoms with Crippen LogP contribution in [0.4, 0.5) is 0 Å². The van der Waals surface area contributed by atoms with Crippen LogP contribution in [-0.2, 0) is 0 Å². The fourth-order valence-corrected chi connectivity index (χ4v) is 3.21. The Morgan fingerprint density at radius 1 is 1.05 bits per heavy atom. The van der Waals surface area contributed by atoms with Crippen LogP contribution in [0.25, 0.3) is 0 Å². The van der Waals surface area contributed by atoms with Crippen LogP contribution in [0, 0.1) is 0 Å². The predicted octanol–water partition coefficient (Wildman–Crippen LogP) is 5.75. The first-order valence-electron chi connectivity index (χ1n) is 6.33. The van der Waals surface area contributed by atoms with Gasteiger partial charge >= 0.3 is 0 Å². The van der Waals surface area contributed by atoms with E-state index in [1.807, 2.05) is 36.4 Å². The summed E-state index contributed by atoms with van der Waals surface area (Å²) in [5, 5.41) is 1.38. The lowest BCUT2D eigenvalue weighted by atomic mass is 10.1. The van der Waals surface area contributed by atoms with Crippen molar-refractivity contribution < 1.29 is 4.79 Å². The quantitative estimate of drug-likeness (QED) is 0.382. The van der Waals surface area contributed by atoms with Crippen molar-refractivity contribution in [1.82, 2.24) is 0 Å². The molecule has 0 bridgehead atoms. The molecule has 0 aromatic heterocycles. The molecule has 0 radical (unpaired) electrons. The van der Waals surface area contributed by atoms with Crippen molar-refractivity contribution in [2.24, 2.45) is 0 Å². The highest BCUT2D eigenvalue weighted by atomic mass is 35.5. The molecule has 0 aliphatic rings. The van der Waals surface area contributed by atoms with Crippen molar-refractivity contribution in [3.63, 3.8) is 0 Å². The lowest BCUT2D eigenvalue weighted by molar-refractivity contribution is 0.0982. The fraction of sp³-hybridized carbons (Fsp3) is 0.188. The first kappa shape index (κ1) is 15.4. The van der Waals surface area contributed by atoms with Crippen molar-refractivity contribution in [3.05, 3.63) is 64.1 Å². The third-order valence-electron chi connectivity index (χ3n) is 2.79. The minimum Gasteiger partial charge on any atom is -0.294 e. The molecule has 2 aromatic carbocycles. The molecule has 20 heavy (non-hydrogen) atoms. The minimum absolute atomic E-state index is 0.184. The number of ketones is 1. The third kappa shape index (κ3) is 4.55. The summed E-state index contributed by atoms with van der Waals surface area (Å²) in [4.78, 5) is 12.9. The molecule has 104 valence electrons. The van der Waals surface area contributed by atoms with Crippen LogP contribution in [0.1, 0.15) is 23.2 Å². The Labute approximate surface area is 133 Å². The summed E-state index contributed by atoms with van der Waals surface area (Å²) in [5.74, 6) is 1.03. The molecule has 1 nitrogen and oxygen atoms in total. The summed E-state index contributed by atoms with van der Waals surface area (Å²) < 4.78 is 0. The second kappa shape index (κ2) is 7.72. The normalized spacial score (nSPS) is 10.5. The molecule has 2 aromatic rings. The number of thioether (sulfide) groups is 1. The maximum atomic E-state index is 11.9. The first-order valence-corrected chi connectivity index (χ1v) is 8.07. The number of halogens is 2. The van der Waals surface area contributed by atoms with Crippen LogP contribution < -0.4 is 0 Å². The predicted molar refractivity (Wildman–Crippen MR) is 87.2 cm³/mol. The average molecular weight is 325 g/mol. The summed E-state index contributed by atoms with van der Waals surface area (Å²) in [7, 11) is 0. The highest BCUT2D eigenvalue weighted by molar-refractivity contribution is 7.99. The fourth-order valence-electron chi connectivity index (χ4n) is 1.77. The van der Waals surface area contributed by atoms with Gasteiger partial charge < -0.3 is 0 Å². The molecule has 0 spiro atoms. The van der Waals surface area contributed by atoms with Gasteiger partial charge in [-0.25, -0.2) is 0 Å². The van der Waals surface area contributed by atoms with Gasteiger partial charge in [0.2, 0.25) is 0 Å². The minimum atomic E-state index is 0.184. The van der Waals surface area contributed by atoms with E-state index in [-0.39, 0.29) is 5.78 Å². The number of rotatable bonds is 6. The summed E-state index contributed by atoms with van der Waals surface area (Å²) in [6.45, 7) is 0. The molecule has 4 heteroatoms. The SMILES string of the molecule is O=C(CCCSc1cc(Cl)ccc1Cl)c1ccccc1. The molecular weight excluding hydrogens is 311 g/mol. The molecule has 0 atom stereocenters. The lowest BCUT2D eigenvalue weighted by Crippen LogP contribution is -1.99. The Morgan fingerprint density at radius 2 is 1.80 bits per heavy atom. The van der Waals surface area contributed by atoms with Crippen molar-refractivity contribution in [1.29, 1.82) is 0 Å². The van der Waals surface area contributed by atoms with Gasteiger partial charge in [0, 0.05) is 21.9 Å². The van der Waals surface area contributed by atoms with E-state index in [0.29, 0.717) is 16.5 Å². The number of hydrogen-bond acceptors (Lipinski definition) is 2. The maximum Gasteiger partial charge on any atom is 0.162 e. The summed E-state index contributed by atoms with van der Waals surface area (Å²) in [6.07, 6.45) is 1.37. The van der Waals surface area contributed by atoms with E-state index in [9.17, 15) is 4.79 Å². The van der Waals surface area contributed by atoms with Crippen LogP contribution in [0.2, 0.25) is 10.0 Å². The van der Waals surface area contributed by atoms with Crippen molar-refractivity contribution in [3.8, 4) is 0 Å². The summed E-state index contributed by atoms with van der Waals surface area (Å²) in [5.41, 5.74) is 0.776. The number of carbonyl (C=O) groups is 1. The molecular formula is C16H14Cl2OS. The molecule has 2 rings (SSSR count). The van der Waals surface area contributed by atoms with Gasteiger partial charge in [0.05, 0.1) is 5.02 Å². The Balaban J connectivity index is 1.79. The van der Waals surface area contributed by atoms with Gasteiger partial charge in [0.15, 0.2) is 5.78 Å². The molecule has 0 saturated carbocycles. The molecule has 0 fully saturated rings. The van der Waals surface area contributed by atoms with Gasteiger partial charge in [-0.1, -0.05) is 53.5 Å². The highest BCUT2D eigenvalue weighted by Gasteiger charge is 2.06. The van der Waals surface area contributed by atoms with Gasteiger partial charge in [-0.15, -0.1) is 11.8 Å². The zero-order valence-corrected chi connectivity index (χ0v) is 13.1. The average Bonchev–Trinajstić information content (AvgIpc) is 2.47. The van der Waals surface area contributed by atoms with E-state index < -0.39 is 0 Å². The lowest BCUT2D eigenvalue weighted by Gasteiger charge is -2.05. The van der Waals surface area contributed by atoms with Crippen LogP contribution >= 0.6 is 35.0 Å². The van der Waals surface area contributed by atoms with Gasteiger partial charge in [-0.05, 0) is 30.4 Å². The number of carbonyl (C=O) groups excluding carboxylic acids is 1. The second-order valence-electron chi connectivity index (χ2n) is 4.32. The molecule has 0 amide bonds. The molecule has 0 aliphatic heterocycles. The van der Waals surface area contributed by atoms with E-state index >= 15 is 0 Å². The third-order valence-corrected chi connectivity index (χ3v) is 4.61. The van der Waals surface area contributed by atoms with Crippen LogP contribution in [-0.4, -0.2) is 11.5 Å². The smallest absolute Gasteiger partial charge is 0.162 e. The van der Waals surface area contributed by atoms with E-state index in [0.717, 1.165) is 22.6 Å². The van der Waals surface area contributed by atoms with Gasteiger partial charge in [0.1, 0.15) is 0 Å². The van der Waals surface area contributed by atoms with E-state index in [1.165, 1.54) is 0 Å². The summed E-state index contributed by atoms with van der Waals surface area (Å²) in [6, 6.07) is 14.8. The molecule has 0 N–H and O–H groups in total.